The Kier molecular flexibility index (Phi) is 8.44. The maximum atomic E-state index is 3.79. The molecule has 0 radical (unpaired) electrons. The maximum absolute atomic E-state index is 3.79. The lowest BCUT2D eigenvalue weighted by atomic mass is 9.90. The second kappa shape index (κ2) is 12.8. The van der Waals surface area contributed by atoms with Gasteiger partial charge in [-0.2, -0.15) is 0 Å². The second-order valence-electron chi connectivity index (χ2n) is 12.4. The van der Waals surface area contributed by atoms with Gasteiger partial charge in [-0.15, -0.1) is 0 Å². The van der Waals surface area contributed by atoms with Gasteiger partial charge in [-0.3, -0.25) is 0 Å². The molecule has 0 aliphatic carbocycles. The molecule has 0 amide bonds. The lowest BCUT2D eigenvalue weighted by Crippen LogP contribution is -2.38. The van der Waals surface area contributed by atoms with E-state index in [2.05, 4.69) is 213 Å². The minimum atomic E-state index is -0.282. The van der Waals surface area contributed by atoms with Crippen LogP contribution >= 0.6 is 0 Å². The Hall–Kier alpha value is -5.28. The first-order valence-electron chi connectivity index (χ1n) is 15.6. The first-order valence-corrected chi connectivity index (χ1v) is 15.6. The van der Waals surface area contributed by atoms with E-state index >= 15 is 0 Å². The summed E-state index contributed by atoms with van der Waals surface area (Å²) in [5.74, 6) is 0. The molecule has 224 valence electrons. The lowest BCUT2D eigenvalue weighted by Gasteiger charge is -2.41. The molecule has 0 spiro atoms. The van der Waals surface area contributed by atoms with Crippen molar-refractivity contribution in [2.75, 3.05) is 15.1 Å². The number of benzene rings is 6. The van der Waals surface area contributed by atoms with Gasteiger partial charge in [0, 0.05) is 34.1 Å². The highest BCUT2D eigenvalue weighted by molar-refractivity contribution is 5.76. The van der Waals surface area contributed by atoms with Gasteiger partial charge in [-0.25, -0.2) is 0 Å². The molecule has 6 rings (SSSR count). The summed E-state index contributed by atoms with van der Waals surface area (Å²) >= 11 is 0. The van der Waals surface area contributed by atoms with Gasteiger partial charge in [-0.05, 0) is 112 Å². The van der Waals surface area contributed by atoms with E-state index in [1.807, 2.05) is 0 Å². The smallest absolute Gasteiger partial charge is 0.0646 e. The van der Waals surface area contributed by atoms with E-state index in [1.54, 1.807) is 0 Å². The van der Waals surface area contributed by atoms with Crippen LogP contribution in [0.25, 0.3) is 0 Å². The fourth-order valence-corrected chi connectivity index (χ4v) is 6.10. The largest absolute Gasteiger partial charge is 0.376 e. The monoisotopic (exact) mass is 587 g/mol. The van der Waals surface area contributed by atoms with Crippen LogP contribution in [0.3, 0.4) is 0 Å². The van der Waals surface area contributed by atoms with Crippen LogP contribution < -0.4 is 15.1 Å². The summed E-state index contributed by atoms with van der Waals surface area (Å²) in [4.78, 5) is 4.70. The third-order valence-corrected chi connectivity index (χ3v) is 8.51. The van der Waals surface area contributed by atoms with Crippen molar-refractivity contribution in [3.05, 3.63) is 181 Å². The van der Waals surface area contributed by atoms with Crippen LogP contribution in [0.2, 0.25) is 0 Å². The minimum Gasteiger partial charge on any atom is -0.376 e. The van der Waals surface area contributed by atoms with Crippen molar-refractivity contribution >= 4 is 34.1 Å². The van der Waals surface area contributed by atoms with Gasteiger partial charge in [-0.1, -0.05) is 97.1 Å². The third kappa shape index (κ3) is 6.49. The van der Waals surface area contributed by atoms with Gasteiger partial charge < -0.3 is 15.1 Å². The number of anilines is 6. The van der Waals surface area contributed by atoms with Crippen LogP contribution in [-0.4, -0.2) is 0 Å². The van der Waals surface area contributed by atoms with Gasteiger partial charge in [0.25, 0.3) is 0 Å². The number of nitrogens with zero attached hydrogens (tertiary/aromatic N) is 2. The van der Waals surface area contributed by atoms with Gasteiger partial charge in [0.15, 0.2) is 0 Å². The van der Waals surface area contributed by atoms with Crippen molar-refractivity contribution in [1.82, 2.24) is 0 Å². The highest BCUT2D eigenvalue weighted by atomic mass is 15.2. The zero-order valence-corrected chi connectivity index (χ0v) is 26.6. The van der Waals surface area contributed by atoms with Crippen LogP contribution in [0.1, 0.15) is 38.8 Å². The van der Waals surface area contributed by atoms with Crippen LogP contribution in [0, 0.1) is 0 Å². The number of hydrogen-bond donors (Lipinski definition) is 1. The Morgan fingerprint density at radius 2 is 0.733 bits per heavy atom. The molecule has 0 saturated heterocycles. The second-order valence-corrected chi connectivity index (χ2v) is 12.4. The first kappa shape index (κ1) is 29.8. The molecule has 6 aromatic rings. The predicted molar refractivity (Wildman–Crippen MR) is 192 cm³/mol. The van der Waals surface area contributed by atoms with E-state index in [9.17, 15) is 0 Å². The molecule has 0 atom stereocenters. The molecule has 0 bridgehead atoms. The van der Waals surface area contributed by atoms with Gasteiger partial charge in [0.05, 0.1) is 11.1 Å². The lowest BCUT2D eigenvalue weighted by molar-refractivity contribution is 0.535. The van der Waals surface area contributed by atoms with Crippen molar-refractivity contribution in [3.8, 4) is 0 Å². The van der Waals surface area contributed by atoms with Crippen molar-refractivity contribution < 1.29 is 0 Å². The summed E-state index contributed by atoms with van der Waals surface area (Å²) in [7, 11) is 0. The highest BCUT2D eigenvalue weighted by Crippen LogP contribution is 2.40. The van der Waals surface area contributed by atoms with E-state index in [-0.39, 0.29) is 11.1 Å². The van der Waals surface area contributed by atoms with E-state index in [0.717, 1.165) is 22.7 Å². The average molecular weight is 588 g/mol. The zero-order chi connectivity index (χ0) is 31.3. The van der Waals surface area contributed by atoms with Gasteiger partial charge in [0.1, 0.15) is 0 Å². The fraction of sp³-hybridized carbons (Fsp3) is 0.143. The summed E-state index contributed by atoms with van der Waals surface area (Å²) < 4.78 is 0. The number of para-hydroxylation sites is 4. The number of nitrogens with one attached hydrogen (secondary N) is 1. The number of rotatable bonds is 10. The molecular formula is C42H41N3. The summed E-state index contributed by atoms with van der Waals surface area (Å²) in [6, 6.07) is 60.1. The third-order valence-electron chi connectivity index (χ3n) is 8.51. The normalized spacial score (nSPS) is 11.6. The summed E-state index contributed by atoms with van der Waals surface area (Å²) in [6.45, 7) is 9.04. The van der Waals surface area contributed by atoms with Crippen molar-refractivity contribution in [2.24, 2.45) is 0 Å². The van der Waals surface area contributed by atoms with Crippen LogP contribution in [0.4, 0.5) is 34.1 Å². The summed E-state index contributed by atoms with van der Waals surface area (Å²) in [5, 5.41) is 3.79. The van der Waals surface area contributed by atoms with E-state index < -0.39 is 0 Å². The van der Waals surface area contributed by atoms with Gasteiger partial charge >= 0.3 is 0 Å². The molecule has 6 aromatic carbocycles. The summed E-state index contributed by atoms with van der Waals surface area (Å²) in [6.07, 6.45) is 0. The molecule has 0 heterocycles. The standard InChI is InChI=1S/C42H41N3/c1-41(2,33-27-31-38(32-28-33)44(36-17-9-5-10-18-36)37-19-11-6-12-20-37)43-35-29-25-34(26-30-35)42(3,4)45(39-21-13-7-14-22-39)40-23-15-8-16-24-40/h5-32,43H,1-4H3. The molecule has 0 aromatic heterocycles. The molecule has 0 aliphatic rings. The van der Waals surface area contributed by atoms with E-state index in [1.165, 1.54) is 22.5 Å². The molecule has 3 heteroatoms. The molecule has 0 unspecified atom stereocenters. The quantitative estimate of drug-likeness (QED) is 0.172. The molecular weight excluding hydrogens is 546 g/mol. The van der Waals surface area contributed by atoms with E-state index in [4.69, 9.17) is 0 Å². The molecule has 0 saturated carbocycles. The summed E-state index contributed by atoms with van der Waals surface area (Å²) in [5.41, 5.74) is 8.71. The van der Waals surface area contributed by atoms with Crippen molar-refractivity contribution in [2.45, 2.75) is 38.8 Å². The Morgan fingerprint density at radius 1 is 0.378 bits per heavy atom. The Morgan fingerprint density at radius 3 is 1.16 bits per heavy atom. The minimum absolute atomic E-state index is 0.278. The molecule has 0 fully saturated rings. The maximum Gasteiger partial charge on any atom is 0.0646 e. The Balaban J connectivity index is 1.23. The van der Waals surface area contributed by atoms with Gasteiger partial charge in [0.2, 0.25) is 0 Å². The van der Waals surface area contributed by atoms with Crippen LogP contribution in [-0.2, 0) is 11.1 Å². The SMILES string of the molecule is CC(C)(Nc1ccc(C(C)(C)N(c2ccccc2)c2ccccc2)cc1)c1ccc(N(c2ccccc2)c2ccccc2)cc1. The van der Waals surface area contributed by atoms with Crippen LogP contribution in [0.15, 0.2) is 170 Å². The molecule has 3 nitrogen and oxygen atoms in total. The van der Waals surface area contributed by atoms with Crippen LogP contribution in [0.5, 0.6) is 0 Å². The average Bonchev–Trinajstić information content (AvgIpc) is 3.07. The molecule has 45 heavy (non-hydrogen) atoms. The molecule has 0 aliphatic heterocycles. The topological polar surface area (TPSA) is 18.5 Å². The predicted octanol–water partition coefficient (Wildman–Crippen LogP) is 11.6. The first-order chi connectivity index (χ1) is 21.8. The van der Waals surface area contributed by atoms with Crippen molar-refractivity contribution in [3.63, 3.8) is 0 Å². The Bertz CT molecular complexity index is 1700. The highest BCUT2D eigenvalue weighted by Gasteiger charge is 2.31. The zero-order valence-electron chi connectivity index (χ0n) is 26.6. The fourth-order valence-electron chi connectivity index (χ4n) is 6.10. The van der Waals surface area contributed by atoms with Crippen molar-refractivity contribution in [1.29, 1.82) is 0 Å². The van der Waals surface area contributed by atoms with E-state index in [0.29, 0.717) is 0 Å². The Labute approximate surface area is 268 Å². The molecule has 1 N–H and O–H groups in total. The number of hydrogen-bond acceptors (Lipinski definition) is 3.